The molecule has 1 saturated heterocycles. The number of hydrogen-bond donors (Lipinski definition) is 1. The summed E-state index contributed by atoms with van der Waals surface area (Å²) in [6.45, 7) is 2.38. The normalized spacial score (nSPS) is 18.8. The van der Waals surface area contributed by atoms with Gasteiger partial charge in [0.1, 0.15) is 17.9 Å². The summed E-state index contributed by atoms with van der Waals surface area (Å²) in [6.07, 6.45) is 6.08. The topological polar surface area (TPSA) is 75.7 Å². The van der Waals surface area contributed by atoms with Crippen molar-refractivity contribution in [2.45, 2.75) is 51.7 Å². The molecule has 32 heavy (non-hydrogen) atoms. The van der Waals surface area contributed by atoms with E-state index in [1.54, 1.807) is 12.1 Å². The minimum absolute atomic E-state index is 0.0616. The Labute approximate surface area is 195 Å². The zero-order valence-corrected chi connectivity index (χ0v) is 19.5. The van der Waals surface area contributed by atoms with Crippen LogP contribution in [0.4, 0.5) is 4.79 Å². The van der Waals surface area contributed by atoms with Crippen molar-refractivity contribution in [1.29, 1.82) is 0 Å². The van der Waals surface area contributed by atoms with E-state index in [1.165, 1.54) is 16.5 Å². The molecular weight excluding hydrogens is 472 g/mol. The van der Waals surface area contributed by atoms with Gasteiger partial charge in [0, 0.05) is 16.1 Å². The fraction of sp³-hybridized carbons (Fsp3) is 0.320. The molecular formula is C25H25BrN2O4. The van der Waals surface area contributed by atoms with Crippen LogP contribution in [0.15, 0.2) is 52.5 Å². The predicted molar refractivity (Wildman–Crippen MR) is 125 cm³/mol. The second kappa shape index (κ2) is 9.69. The number of nitrogens with zero attached hydrogens (tertiary/aromatic N) is 1. The van der Waals surface area contributed by atoms with Gasteiger partial charge < -0.3 is 4.74 Å². The SMILES string of the molecule is Cc1ccc(COc2ccc(Br)cc2C=C2C(=O)NC(=O)N(C3CCCCC3)C2=O)cc1. The molecule has 1 N–H and O–H groups in total. The number of amides is 4. The van der Waals surface area contributed by atoms with Crippen LogP contribution in [0.2, 0.25) is 0 Å². The molecule has 1 aliphatic carbocycles. The van der Waals surface area contributed by atoms with Crippen molar-refractivity contribution in [3.05, 3.63) is 69.2 Å². The van der Waals surface area contributed by atoms with Crippen LogP contribution in [0, 0.1) is 6.92 Å². The zero-order valence-electron chi connectivity index (χ0n) is 17.9. The number of urea groups is 1. The van der Waals surface area contributed by atoms with Crippen LogP contribution in [0.3, 0.4) is 0 Å². The van der Waals surface area contributed by atoms with E-state index in [2.05, 4.69) is 21.2 Å². The maximum Gasteiger partial charge on any atom is 0.331 e. The van der Waals surface area contributed by atoms with Gasteiger partial charge in [0.15, 0.2) is 0 Å². The molecule has 4 amide bonds. The minimum Gasteiger partial charge on any atom is -0.488 e. The monoisotopic (exact) mass is 496 g/mol. The van der Waals surface area contributed by atoms with Gasteiger partial charge in [0.05, 0.1) is 0 Å². The fourth-order valence-corrected chi connectivity index (χ4v) is 4.49. The smallest absolute Gasteiger partial charge is 0.331 e. The summed E-state index contributed by atoms with van der Waals surface area (Å²) in [7, 11) is 0. The van der Waals surface area contributed by atoms with Gasteiger partial charge in [-0.2, -0.15) is 0 Å². The first-order valence-electron chi connectivity index (χ1n) is 10.8. The number of nitrogens with one attached hydrogen (secondary N) is 1. The first-order chi connectivity index (χ1) is 15.4. The van der Waals surface area contributed by atoms with E-state index in [4.69, 9.17) is 4.74 Å². The molecule has 7 heteroatoms. The van der Waals surface area contributed by atoms with E-state index in [-0.39, 0.29) is 11.6 Å². The van der Waals surface area contributed by atoms with E-state index in [1.807, 2.05) is 37.3 Å². The maximum absolute atomic E-state index is 13.2. The second-order valence-corrected chi connectivity index (χ2v) is 9.16. The Bertz CT molecular complexity index is 1070. The number of halogens is 1. The van der Waals surface area contributed by atoms with Gasteiger partial charge in [-0.3, -0.25) is 19.8 Å². The molecule has 1 aliphatic heterocycles. The van der Waals surface area contributed by atoms with Crippen LogP contribution in [0.5, 0.6) is 5.75 Å². The van der Waals surface area contributed by atoms with Crippen LogP contribution in [-0.2, 0) is 16.2 Å². The quantitative estimate of drug-likeness (QED) is 0.459. The van der Waals surface area contributed by atoms with Crippen molar-refractivity contribution in [2.24, 2.45) is 0 Å². The van der Waals surface area contributed by atoms with Gasteiger partial charge in [-0.15, -0.1) is 0 Å². The highest BCUT2D eigenvalue weighted by molar-refractivity contribution is 9.10. The molecule has 2 aliphatic rings. The Morgan fingerprint density at radius 3 is 2.50 bits per heavy atom. The number of imide groups is 2. The standard InChI is InChI=1S/C25H25BrN2O4/c1-16-7-9-17(10-8-16)15-32-22-12-11-19(26)13-18(22)14-21-23(29)27-25(31)28(24(21)30)20-5-3-2-4-6-20/h7-14,20H,2-6,15H2,1H3,(H,27,29,31). The molecule has 1 heterocycles. The van der Waals surface area contributed by atoms with E-state index in [0.29, 0.717) is 17.9 Å². The van der Waals surface area contributed by atoms with E-state index in [0.717, 1.165) is 42.1 Å². The highest BCUT2D eigenvalue weighted by Crippen LogP contribution is 2.30. The van der Waals surface area contributed by atoms with Gasteiger partial charge in [0.2, 0.25) is 0 Å². The van der Waals surface area contributed by atoms with Crippen LogP contribution in [0.1, 0.15) is 48.8 Å². The third-order valence-electron chi connectivity index (χ3n) is 5.86. The Morgan fingerprint density at radius 1 is 1.06 bits per heavy atom. The van der Waals surface area contributed by atoms with E-state index < -0.39 is 17.8 Å². The van der Waals surface area contributed by atoms with E-state index >= 15 is 0 Å². The molecule has 166 valence electrons. The van der Waals surface area contributed by atoms with Crippen LogP contribution in [-0.4, -0.2) is 28.8 Å². The molecule has 0 radical (unpaired) electrons. The number of ether oxygens (including phenoxy) is 1. The summed E-state index contributed by atoms with van der Waals surface area (Å²) in [4.78, 5) is 39.4. The summed E-state index contributed by atoms with van der Waals surface area (Å²) in [5.74, 6) is -0.686. The van der Waals surface area contributed by atoms with Crippen molar-refractivity contribution in [2.75, 3.05) is 0 Å². The number of hydrogen-bond acceptors (Lipinski definition) is 4. The van der Waals surface area contributed by atoms with Gasteiger partial charge in [0.25, 0.3) is 11.8 Å². The Hall–Kier alpha value is -2.93. The lowest BCUT2D eigenvalue weighted by atomic mass is 9.93. The van der Waals surface area contributed by atoms with Gasteiger partial charge >= 0.3 is 6.03 Å². The number of aryl methyl sites for hydroxylation is 1. The summed E-state index contributed by atoms with van der Waals surface area (Å²) in [5.41, 5.74) is 2.70. The maximum atomic E-state index is 13.2. The number of barbiturate groups is 1. The lowest BCUT2D eigenvalue weighted by molar-refractivity contribution is -0.132. The Balaban J connectivity index is 1.61. The van der Waals surface area contributed by atoms with Crippen molar-refractivity contribution in [3.63, 3.8) is 0 Å². The molecule has 4 rings (SSSR count). The molecule has 0 bridgehead atoms. The van der Waals surface area contributed by atoms with Crippen LogP contribution in [0.25, 0.3) is 6.08 Å². The molecule has 2 fully saturated rings. The predicted octanol–water partition coefficient (Wildman–Crippen LogP) is 5.13. The molecule has 6 nitrogen and oxygen atoms in total. The highest BCUT2D eigenvalue weighted by atomic mass is 79.9. The molecule has 1 saturated carbocycles. The lowest BCUT2D eigenvalue weighted by Gasteiger charge is -2.35. The largest absolute Gasteiger partial charge is 0.488 e. The van der Waals surface area contributed by atoms with Gasteiger partial charge in [-0.05, 0) is 49.6 Å². The molecule has 0 unspecified atom stereocenters. The van der Waals surface area contributed by atoms with Crippen LogP contribution < -0.4 is 10.1 Å². The minimum atomic E-state index is -0.684. The van der Waals surface area contributed by atoms with Crippen molar-refractivity contribution >= 4 is 39.9 Å². The first kappa shape index (κ1) is 22.3. The molecule has 0 aromatic heterocycles. The Kier molecular flexibility index (Phi) is 6.74. The van der Waals surface area contributed by atoms with Crippen LogP contribution >= 0.6 is 15.9 Å². The van der Waals surface area contributed by atoms with Crippen molar-refractivity contribution in [1.82, 2.24) is 10.2 Å². The second-order valence-electron chi connectivity index (χ2n) is 8.24. The number of carbonyl (C=O) groups excluding carboxylic acids is 3. The van der Waals surface area contributed by atoms with E-state index in [9.17, 15) is 14.4 Å². The average Bonchev–Trinajstić information content (AvgIpc) is 2.78. The third kappa shape index (κ3) is 4.93. The average molecular weight is 497 g/mol. The summed E-state index contributed by atoms with van der Waals surface area (Å²) in [6, 6.07) is 12.7. The fourth-order valence-electron chi connectivity index (χ4n) is 4.11. The summed E-state index contributed by atoms with van der Waals surface area (Å²) < 4.78 is 6.79. The molecule has 2 aromatic rings. The van der Waals surface area contributed by atoms with Crippen molar-refractivity contribution < 1.29 is 19.1 Å². The number of benzene rings is 2. The molecule has 0 atom stereocenters. The van der Waals surface area contributed by atoms with Gasteiger partial charge in [-0.25, -0.2) is 4.79 Å². The zero-order chi connectivity index (χ0) is 22.7. The summed E-state index contributed by atoms with van der Waals surface area (Å²) in [5, 5.41) is 2.33. The highest BCUT2D eigenvalue weighted by Gasteiger charge is 2.40. The van der Waals surface area contributed by atoms with Crippen molar-refractivity contribution in [3.8, 4) is 5.75 Å². The Morgan fingerprint density at radius 2 is 1.78 bits per heavy atom. The summed E-state index contributed by atoms with van der Waals surface area (Å²) >= 11 is 3.44. The first-order valence-corrected chi connectivity index (χ1v) is 11.6. The lowest BCUT2D eigenvalue weighted by Crippen LogP contribution is -2.58. The third-order valence-corrected chi connectivity index (χ3v) is 6.35. The molecule has 2 aromatic carbocycles. The van der Waals surface area contributed by atoms with Gasteiger partial charge in [-0.1, -0.05) is 65.0 Å². The number of carbonyl (C=O) groups is 3. The number of rotatable bonds is 5. The molecule has 0 spiro atoms.